The Hall–Kier alpha value is -0.200. The van der Waals surface area contributed by atoms with Gasteiger partial charge in [-0.15, -0.1) is 0 Å². The summed E-state index contributed by atoms with van der Waals surface area (Å²) in [6.45, 7) is 9.70. The largest absolute Gasteiger partial charge is 0.394 e. The lowest BCUT2D eigenvalue weighted by molar-refractivity contribution is -0.311. The van der Waals surface area contributed by atoms with Crippen LogP contribution in [0.25, 0.3) is 0 Å². The molecule has 1 rings (SSSR count). The van der Waals surface area contributed by atoms with E-state index in [1.165, 1.54) is 0 Å². The van der Waals surface area contributed by atoms with Gasteiger partial charge in [0.2, 0.25) is 5.79 Å². The minimum Gasteiger partial charge on any atom is -0.394 e. The highest BCUT2D eigenvalue weighted by atomic mass is 16.7. The molecule has 1 aliphatic rings. The number of hydrogen-bond acceptors (Lipinski definition) is 5. The first kappa shape index (κ1) is 27.8. The Morgan fingerprint density at radius 3 is 1.73 bits per heavy atom. The maximum atomic E-state index is 11.4. The first-order chi connectivity index (χ1) is 14.6. The van der Waals surface area contributed by atoms with Gasteiger partial charge in [-0.3, -0.25) is 0 Å². The van der Waals surface area contributed by atoms with Gasteiger partial charge >= 0.3 is 0 Å². The molecule has 0 saturated carbocycles. The fourth-order valence-electron chi connectivity index (χ4n) is 4.62. The molecule has 4 atom stereocenters. The van der Waals surface area contributed by atoms with Gasteiger partial charge in [-0.1, -0.05) is 85.5 Å². The van der Waals surface area contributed by atoms with Gasteiger partial charge in [0.1, 0.15) is 12.2 Å². The Balaban J connectivity index is 3.20. The molecule has 180 valence electrons. The molecule has 5 nitrogen and oxygen atoms in total. The fourth-order valence-corrected chi connectivity index (χ4v) is 4.62. The van der Waals surface area contributed by atoms with E-state index in [-0.39, 0.29) is 6.61 Å². The van der Waals surface area contributed by atoms with Crippen LogP contribution in [0.15, 0.2) is 0 Å². The summed E-state index contributed by atoms with van der Waals surface area (Å²) >= 11 is 0. The van der Waals surface area contributed by atoms with Crippen molar-refractivity contribution in [2.24, 2.45) is 0 Å². The maximum Gasteiger partial charge on any atom is 0.200 e. The third-order valence-corrected chi connectivity index (χ3v) is 6.45. The van der Waals surface area contributed by atoms with Gasteiger partial charge in [-0.05, 0) is 25.7 Å². The summed E-state index contributed by atoms with van der Waals surface area (Å²) in [4.78, 5) is 0. The molecule has 0 aromatic rings. The standard InChI is InChI=1S/C25H50O5/c1-5-9-13-17-24(28-19-15-11-7-3)23(27)22(21-26)30-25(24,18-14-10-6-2)29-20-16-12-8-4/h22-23,26-27H,5-21H2,1-4H3/t22-,23-,24-,25-/m1/s1. The van der Waals surface area contributed by atoms with Gasteiger partial charge in [0.15, 0.2) is 5.60 Å². The molecule has 0 amide bonds. The van der Waals surface area contributed by atoms with E-state index in [0.29, 0.717) is 26.1 Å². The van der Waals surface area contributed by atoms with Crippen molar-refractivity contribution in [1.82, 2.24) is 0 Å². The van der Waals surface area contributed by atoms with Crippen LogP contribution >= 0.6 is 0 Å². The van der Waals surface area contributed by atoms with E-state index in [4.69, 9.17) is 14.2 Å². The molecule has 1 heterocycles. The predicted molar refractivity (Wildman–Crippen MR) is 123 cm³/mol. The number of unbranched alkanes of at least 4 members (excludes halogenated alkanes) is 8. The van der Waals surface area contributed by atoms with Gasteiger partial charge < -0.3 is 24.4 Å². The molecule has 0 aromatic carbocycles. The third kappa shape index (κ3) is 7.44. The number of ether oxygens (including phenoxy) is 3. The highest BCUT2D eigenvalue weighted by Crippen LogP contribution is 2.50. The predicted octanol–water partition coefficient (Wildman–Crippen LogP) is 5.75. The van der Waals surface area contributed by atoms with Gasteiger partial charge in [-0.2, -0.15) is 0 Å². The Morgan fingerprint density at radius 2 is 1.20 bits per heavy atom. The molecule has 1 saturated heterocycles. The zero-order chi connectivity index (χ0) is 22.3. The second-order valence-electron chi connectivity index (χ2n) is 8.95. The summed E-state index contributed by atoms with van der Waals surface area (Å²) in [6.07, 6.45) is 12.5. The van der Waals surface area contributed by atoms with E-state index in [9.17, 15) is 10.2 Å². The van der Waals surface area contributed by atoms with Crippen molar-refractivity contribution in [3.63, 3.8) is 0 Å². The summed E-state index contributed by atoms with van der Waals surface area (Å²) in [6, 6.07) is 0. The normalized spacial score (nSPS) is 29.0. The minimum atomic E-state index is -0.983. The van der Waals surface area contributed by atoms with Crippen molar-refractivity contribution in [1.29, 1.82) is 0 Å². The summed E-state index contributed by atoms with van der Waals surface area (Å²) in [7, 11) is 0. The van der Waals surface area contributed by atoms with Crippen molar-refractivity contribution in [3.05, 3.63) is 0 Å². The van der Waals surface area contributed by atoms with E-state index in [2.05, 4.69) is 27.7 Å². The van der Waals surface area contributed by atoms with E-state index < -0.39 is 23.6 Å². The van der Waals surface area contributed by atoms with Crippen molar-refractivity contribution >= 4 is 0 Å². The van der Waals surface area contributed by atoms with Crippen LogP contribution in [-0.4, -0.2) is 53.6 Å². The van der Waals surface area contributed by atoms with Crippen LogP contribution in [0.2, 0.25) is 0 Å². The molecule has 0 unspecified atom stereocenters. The van der Waals surface area contributed by atoms with Crippen LogP contribution in [0.4, 0.5) is 0 Å². The molecular weight excluding hydrogens is 380 g/mol. The second-order valence-corrected chi connectivity index (χ2v) is 8.95. The van der Waals surface area contributed by atoms with Crippen LogP contribution in [-0.2, 0) is 14.2 Å². The SMILES string of the molecule is CCCCCO[C@]1(CCCCC)O[C@H](CO)[C@@H](O)[C@@]1(CCCCC)OCCCCC. The third-order valence-electron chi connectivity index (χ3n) is 6.45. The Kier molecular flexibility index (Phi) is 14.5. The lowest BCUT2D eigenvalue weighted by atomic mass is 9.80. The molecule has 0 aromatic heterocycles. The first-order valence-corrected chi connectivity index (χ1v) is 12.8. The first-order valence-electron chi connectivity index (χ1n) is 12.8. The molecule has 30 heavy (non-hydrogen) atoms. The zero-order valence-electron chi connectivity index (χ0n) is 20.3. The molecular formula is C25H50O5. The average molecular weight is 431 g/mol. The van der Waals surface area contributed by atoms with Gasteiger partial charge in [-0.25, -0.2) is 0 Å². The van der Waals surface area contributed by atoms with E-state index in [0.717, 1.165) is 77.0 Å². The van der Waals surface area contributed by atoms with E-state index in [1.807, 2.05) is 0 Å². The second kappa shape index (κ2) is 15.6. The Labute approximate surface area is 185 Å². The van der Waals surface area contributed by atoms with Crippen LogP contribution in [0, 0.1) is 0 Å². The lowest BCUT2D eigenvalue weighted by Crippen LogP contribution is -2.60. The smallest absolute Gasteiger partial charge is 0.200 e. The lowest BCUT2D eigenvalue weighted by Gasteiger charge is -2.45. The van der Waals surface area contributed by atoms with E-state index in [1.54, 1.807) is 0 Å². The highest BCUT2D eigenvalue weighted by molar-refractivity contribution is 5.10. The maximum absolute atomic E-state index is 11.4. The summed E-state index contributed by atoms with van der Waals surface area (Å²) in [5.74, 6) is -0.983. The van der Waals surface area contributed by atoms with E-state index >= 15 is 0 Å². The average Bonchev–Trinajstić information content (AvgIpc) is 2.98. The number of aliphatic hydroxyl groups excluding tert-OH is 2. The molecule has 1 aliphatic heterocycles. The summed E-state index contributed by atoms with van der Waals surface area (Å²) < 4.78 is 19.5. The fraction of sp³-hybridized carbons (Fsp3) is 1.00. The molecule has 0 spiro atoms. The highest BCUT2D eigenvalue weighted by Gasteiger charge is 2.66. The van der Waals surface area contributed by atoms with Crippen LogP contribution in [0.1, 0.15) is 118 Å². The monoisotopic (exact) mass is 430 g/mol. The van der Waals surface area contributed by atoms with Crippen molar-refractivity contribution in [2.75, 3.05) is 19.8 Å². The number of rotatable bonds is 19. The summed E-state index contributed by atoms with van der Waals surface area (Å²) in [5.41, 5.74) is -0.913. The van der Waals surface area contributed by atoms with Gasteiger partial charge in [0, 0.05) is 13.0 Å². The number of hydrogen-bond donors (Lipinski definition) is 2. The Morgan fingerprint density at radius 1 is 0.700 bits per heavy atom. The van der Waals surface area contributed by atoms with Crippen LogP contribution < -0.4 is 0 Å². The molecule has 5 heteroatoms. The van der Waals surface area contributed by atoms with Crippen molar-refractivity contribution < 1.29 is 24.4 Å². The van der Waals surface area contributed by atoms with Crippen molar-refractivity contribution in [3.8, 4) is 0 Å². The quantitative estimate of drug-likeness (QED) is 0.255. The topological polar surface area (TPSA) is 68.2 Å². The molecule has 2 N–H and O–H groups in total. The molecule has 0 aliphatic carbocycles. The number of aliphatic hydroxyl groups is 2. The zero-order valence-corrected chi connectivity index (χ0v) is 20.3. The van der Waals surface area contributed by atoms with Gasteiger partial charge in [0.25, 0.3) is 0 Å². The molecule has 0 bridgehead atoms. The Bertz CT molecular complexity index is 418. The van der Waals surface area contributed by atoms with Gasteiger partial charge in [0.05, 0.1) is 13.2 Å². The summed E-state index contributed by atoms with van der Waals surface area (Å²) in [5, 5.41) is 21.3. The molecule has 0 radical (unpaired) electrons. The van der Waals surface area contributed by atoms with Crippen LogP contribution in [0.5, 0.6) is 0 Å². The molecule has 1 fully saturated rings. The van der Waals surface area contributed by atoms with Crippen molar-refractivity contribution in [2.45, 2.75) is 141 Å². The van der Waals surface area contributed by atoms with Crippen LogP contribution in [0.3, 0.4) is 0 Å². The minimum absolute atomic E-state index is 0.219.